The summed E-state index contributed by atoms with van der Waals surface area (Å²) in [5.74, 6) is -2.15. The summed E-state index contributed by atoms with van der Waals surface area (Å²) < 4.78 is 10.1. The van der Waals surface area contributed by atoms with E-state index in [4.69, 9.17) is 9.47 Å². The van der Waals surface area contributed by atoms with Gasteiger partial charge in [-0.2, -0.15) is 0 Å². The lowest BCUT2D eigenvalue weighted by molar-refractivity contribution is -0.159. The second-order valence-corrected chi connectivity index (χ2v) is 12.3. The maximum Gasteiger partial charge on any atom is 0.320 e. The van der Waals surface area contributed by atoms with Gasteiger partial charge in [-0.05, 0) is 16.3 Å². The Morgan fingerprint density at radius 3 is 1.90 bits per heavy atom. The Morgan fingerprint density at radius 1 is 0.759 bits per heavy atom. The molecule has 3 rings (SSSR count). The summed E-state index contributed by atoms with van der Waals surface area (Å²) in [4.78, 5) is 25.5. The van der Waals surface area contributed by atoms with E-state index in [2.05, 4.69) is 31.3 Å². The van der Waals surface area contributed by atoms with E-state index in [1.165, 1.54) is 14.2 Å². The molecule has 0 saturated heterocycles. The first-order valence-corrected chi connectivity index (χ1v) is 12.7. The van der Waals surface area contributed by atoms with Crippen LogP contribution in [0.4, 0.5) is 0 Å². The molecule has 0 aliphatic carbocycles. The average Bonchev–Trinajstić information content (AvgIpc) is 2.76. The van der Waals surface area contributed by atoms with Gasteiger partial charge in [0, 0.05) is 5.54 Å². The lowest BCUT2D eigenvalue weighted by atomic mass is 9.96. The van der Waals surface area contributed by atoms with Crippen molar-refractivity contribution >= 4 is 36.0 Å². The topological polar surface area (TPSA) is 52.6 Å². The molecule has 0 radical (unpaired) electrons. The first-order chi connectivity index (χ1) is 13.9. The summed E-state index contributed by atoms with van der Waals surface area (Å²) in [6, 6.07) is 24.3. The molecule has 4 nitrogen and oxygen atoms in total. The number of ether oxygens (including phenoxy) is 2. The Kier molecular flexibility index (Phi) is 6.18. The summed E-state index contributed by atoms with van der Waals surface area (Å²) >= 11 is 0. The Bertz CT molecular complexity index is 998. The standard InChI is InChI=1S/C24H26O4Si/c1-27-23(25)21(24(26)28-2)22(29(3,4)20-12-6-5-7-13-20)19-15-14-17-10-8-9-11-18(17)16-19/h5-16,21-22H,1-4H3. The predicted molar refractivity (Wildman–Crippen MR) is 118 cm³/mol. The molecule has 0 bridgehead atoms. The quantitative estimate of drug-likeness (QED) is 0.352. The van der Waals surface area contributed by atoms with Crippen LogP contribution in [0.1, 0.15) is 11.1 Å². The van der Waals surface area contributed by atoms with E-state index in [0.717, 1.165) is 21.5 Å². The zero-order chi connectivity index (χ0) is 21.0. The van der Waals surface area contributed by atoms with Crippen molar-refractivity contribution in [2.75, 3.05) is 14.2 Å². The minimum atomic E-state index is -2.36. The third kappa shape index (κ3) is 4.10. The summed E-state index contributed by atoms with van der Waals surface area (Å²) in [7, 11) is 0.265. The Hall–Kier alpha value is -2.92. The molecule has 5 heteroatoms. The molecule has 0 N–H and O–H groups in total. The highest BCUT2D eigenvalue weighted by atomic mass is 28.3. The summed E-state index contributed by atoms with van der Waals surface area (Å²) in [6.45, 7) is 4.36. The molecule has 0 saturated carbocycles. The molecule has 3 aromatic carbocycles. The molecule has 1 atom stereocenters. The lowest BCUT2D eigenvalue weighted by Crippen LogP contribution is -2.53. The van der Waals surface area contributed by atoms with Crippen molar-refractivity contribution in [1.29, 1.82) is 0 Å². The fourth-order valence-electron chi connectivity index (χ4n) is 4.10. The number of carbonyl (C=O) groups excluding carboxylic acids is 2. The fraction of sp³-hybridized carbons (Fsp3) is 0.250. The van der Waals surface area contributed by atoms with Gasteiger partial charge in [-0.15, -0.1) is 0 Å². The smallest absolute Gasteiger partial charge is 0.320 e. The number of carbonyl (C=O) groups is 2. The van der Waals surface area contributed by atoms with Crippen molar-refractivity contribution in [2.24, 2.45) is 5.92 Å². The van der Waals surface area contributed by atoms with Crippen LogP contribution in [0, 0.1) is 5.92 Å². The molecule has 0 heterocycles. The second-order valence-electron chi connectivity index (χ2n) is 7.70. The van der Waals surface area contributed by atoms with E-state index in [1.54, 1.807) is 0 Å². The Labute approximate surface area is 172 Å². The highest BCUT2D eigenvalue weighted by molar-refractivity contribution is 6.91. The van der Waals surface area contributed by atoms with Gasteiger partial charge in [0.1, 0.15) is 0 Å². The number of esters is 2. The minimum absolute atomic E-state index is 0.339. The predicted octanol–water partition coefficient (Wildman–Crippen LogP) is 4.04. The Morgan fingerprint density at radius 2 is 1.31 bits per heavy atom. The van der Waals surface area contributed by atoms with E-state index in [0.29, 0.717) is 0 Å². The van der Waals surface area contributed by atoms with Crippen molar-refractivity contribution < 1.29 is 19.1 Å². The zero-order valence-electron chi connectivity index (χ0n) is 17.2. The van der Waals surface area contributed by atoms with Crippen LogP contribution in [0.3, 0.4) is 0 Å². The molecule has 3 aromatic rings. The van der Waals surface area contributed by atoms with Crippen molar-refractivity contribution in [1.82, 2.24) is 0 Å². The van der Waals surface area contributed by atoms with Crippen molar-refractivity contribution in [3.8, 4) is 0 Å². The molecular formula is C24H26O4Si. The van der Waals surface area contributed by atoms with E-state index in [-0.39, 0.29) is 5.54 Å². The third-order valence-electron chi connectivity index (χ3n) is 5.67. The fourth-order valence-corrected chi connectivity index (χ4v) is 7.63. The van der Waals surface area contributed by atoms with Crippen LogP contribution in [-0.4, -0.2) is 34.2 Å². The van der Waals surface area contributed by atoms with Gasteiger partial charge < -0.3 is 9.47 Å². The molecule has 0 amide bonds. The van der Waals surface area contributed by atoms with Crippen LogP contribution in [0.2, 0.25) is 13.1 Å². The molecule has 0 aliphatic rings. The van der Waals surface area contributed by atoms with E-state index in [1.807, 2.05) is 54.6 Å². The zero-order valence-corrected chi connectivity index (χ0v) is 18.2. The van der Waals surface area contributed by atoms with Gasteiger partial charge in [0.25, 0.3) is 0 Å². The van der Waals surface area contributed by atoms with Gasteiger partial charge >= 0.3 is 11.9 Å². The normalized spacial score (nSPS) is 12.6. The second kappa shape index (κ2) is 8.62. The molecule has 0 aromatic heterocycles. The maximum atomic E-state index is 12.8. The molecule has 1 unspecified atom stereocenters. The number of rotatable bonds is 6. The van der Waals surface area contributed by atoms with Gasteiger partial charge in [0.2, 0.25) is 0 Å². The van der Waals surface area contributed by atoms with Gasteiger partial charge in [-0.1, -0.05) is 91.1 Å². The number of methoxy groups -OCH3 is 2. The summed E-state index contributed by atoms with van der Waals surface area (Å²) in [6.07, 6.45) is 0. The van der Waals surface area contributed by atoms with Gasteiger partial charge in [0.15, 0.2) is 5.92 Å². The Balaban J connectivity index is 2.24. The highest BCUT2D eigenvalue weighted by Crippen LogP contribution is 2.37. The van der Waals surface area contributed by atoms with Crippen LogP contribution in [0.5, 0.6) is 0 Å². The number of benzene rings is 3. The molecule has 150 valence electrons. The van der Waals surface area contributed by atoms with Crippen molar-refractivity contribution in [3.05, 3.63) is 78.4 Å². The van der Waals surface area contributed by atoms with Crippen LogP contribution >= 0.6 is 0 Å². The van der Waals surface area contributed by atoms with Crippen molar-refractivity contribution in [2.45, 2.75) is 18.6 Å². The van der Waals surface area contributed by atoms with Crippen LogP contribution in [0.25, 0.3) is 10.8 Å². The van der Waals surface area contributed by atoms with Crippen molar-refractivity contribution in [3.63, 3.8) is 0 Å². The first kappa shape index (κ1) is 20.8. The lowest BCUT2D eigenvalue weighted by Gasteiger charge is -2.36. The maximum absolute atomic E-state index is 12.8. The van der Waals surface area contributed by atoms with Crippen LogP contribution in [-0.2, 0) is 19.1 Å². The van der Waals surface area contributed by atoms with Crippen LogP contribution in [0.15, 0.2) is 72.8 Å². The molecule has 0 fully saturated rings. The summed E-state index contributed by atoms with van der Waals surface area (Å²) in [5, 5.41) is 3.35. The molecule has 0 spiro atoms. The van der Waals surface area contributed by atoms with Gasteiger partial charge in [-0.25, -0.2) is 0 Å². The molecule has 0 aliphatic heterocycles. The van der Waals surface area contributed by atoms with E-state index < -0.39 is 25.9 Å². The van der Waals surface area contributed by atoms with E-state index in [9.17, 15) is 9.59 Å². The largest absolute Gasteiger partial charge is 0.468 e. The average molecular weight is 407 g/mol. The first-order valence-electron chi connectivity index (χ1n) is 9.60. The van der Waals surface area contributed by atoms with Gasteiger partial charge in [0.05, 0.1) is 22.3 Å². The highest BCUT2D eigenvalue weighted by Gasteiger charge is 2.47. The third-order valence-corrected chi connectivity index (χ3v) is 9.71. The molecule has 29 heavy (non-hydrogen) atoms. The van der Waals surface area contributed by atoms with Crippen LogP contribution < -0.4 is 5.19 Å². The molecular weight excluding hydrogens is 380 g/mol. The minimum Gasteiger partial charge on any atom is -0.468 e. The number of hydrogen-bond donors (Lipinski definition) is 0. The SMILES string of the molecule is COC(=O)C(C(=O)OC)C(c1ccc2ccccc2c1)[Si](C)(C)c1ccccc1. The number of hydrogen-bond acceptors (Lipinski definition) is 4. The summed E-state index contributed by atoms with van der Waals surface area (Å²) in [5.41, 5.74) is 0.611. The van der Waals surface area contributed by atoms with Gasteiger partial charge in [-0.3, -0.25) is 9.59 Å². The number of fused-ring (bicyclic) bond motifs is 1. The monoisotopic (exact) mass is 406 g/mol. The van der Waals surface area contributed by atoms with E-state index >= 15 is 0 Å².